The largest absolute Gasteiger partial charge is 0.480 e. The van der Waals surface area contributed by atoms with Crippen LogP contribution in [-0.4, -0.2) is 58.0 Å². The number of carbonyl (C=O) groups excluding carboxylic acids is 1. The molecular weight excluding hydrogens is 437 g/mol. The van der Waals surface area contributed by atoms with Crippen molar-refractivity contribution >= 4 is 34.0 Å². The average molecular weight is 464 g/mol. The first-order valence-corrected chi connectivity index (χ1v) is 11.1. The zero-order valence-electron chi connectivity index (χ0n) is 19.5. The molecule has 5 rings (SSSR count). The third-order valence-electron chi connectivity index (χ3n) is 5.96. The van der Waals surface area contributed by atoms with Crippen LogP contribution in [-0.2, 0) is 0 Å². The Morgan fingerprint density at radius 3 is 2.79 bits per heavy atom. The summed E-state index contributed by atoms with van der Waals surface area (Å²) >= 11 is 0. The number of aryl methyl sites for hydroxylation is 2. The number of hydrogen-bond acceptors (Lipinski definition) is 7. The Morgan fingerprint density at radius 1 is 1.21 bits per heavy atom. The Bertz CT molecular complexity index is 1420. The molecule has 1 unspecified atom stereocenters. The summed E-state index contributed by atoms with van der Waals surface area (Å²) in [6.45, 7) is 8.17. The minimum absolute atomic E-state index is 0.212. The molecule has 3 aromatic heterocycles. The van der Waals surface area contributed by atoms with Gasteiger partial charge >= 0.3 is 0 Å². The Morgan fingerprint density at radius 2 is 2.03 bits per heavy atom. The van der Waals surface area contributed by atoms with Crippen molar-refractivity contribution in [3.8, 4) is 5.88 Å². The molecule has 0 saturated carbocycles. The van der Waals surface area contributed by atoms with Gasteiger partial charge in [-0.05, 0) is 32.9 Å². The smallest absolute Gasteiger partial charge is 0.257 e. The number of fused-ring (bicyclic) bond motifs is 2. The van der Waals surface area contributed by atoms with E-state index in [1.807, 2.05) is 6.07 Å². The lowest BCUT2D eigenvalue weighted by atomic mass is 10.1. The summed E-state index contributed by atoms with van der Waals surface area (Å²) in [5, 5.41) is 6.23. The van der Waals surface area contributed by atoms with Crippen LogP contribution in [0.15, 0.2) is 30.6 Å². The van der Waals surface area contributed by atoms with Crippen molar-refractivity contribution in [2.75, 3.05) is 37.0 Å². The molecule has 10 heteroatoms. The molecule has 2 N–H and O–H groups in total. The zero-order chi connectivity index (χ0) is 24.0. The number of amides is 1. The maximum atomic E-state index is 14.5. The monoisotopic (exact) mass is 463 g/mol. The number of pyridine rings is 1. The van der Waals surface area contributed by atoms with E-state index in [4.69, 9.17) is 9.72 Å². The van der Waals surface area contributed by atoms with E-state index in [1.165, 1.54) is 6.07 Å². The molecule has 1 amide bonds. The van der Waals surface area contributed by atoms with Crippen LogP contribution >= 0.6 is 0 Å². The number of imidazole rings is 1. The molecule has 1 aliphatic heterocycles. The summed E-state index contributed by atoms with van der Waals surface area (Å²) in [5.74, 6) is -0.503. The lowest BCUT2D eigenvalue weighted by molar-refractivity contribution is 0.102. The third-order valence-corrected chi connectivity index (χ3v) is 5.96. The van der Waals surface area contributed by atoms with E-state index >= 15 is 0 Å². The molecule has 0 aliphatic carbocycles. The predicted molar refractivity (Wildman–Crippen MR) is 128 cm³/mol. The van der Waals surface area contributed by atoms with Crippen LogP contribution in [0, 0.1) is 19.7 Å². The highest BCUT2D eigenvalue weighted by atomic mass is 19.1. The molecule has 1 fully saturated rings. The van der Waals surface area contributed by atoms with E-state index < -0.39 is 11.7 Å². The number of halogens is 1. The van der Waals surface area contributed by atoms with Crippen molar-refractivity contribution in [2.45, 2.75) is 26.8 Å². The lowest BCUT2D eigenvalue weighted by Crippen LogP contribution is -2.49. The molecular formula is C24H26FN7O2. The van der Waals surface area contributed by atoms with Crippen molar-refractivity contribution < 1.29 is 13.9 Å². The molecule has 0 radical (unpaired) electrons. The van der Waals surface area contributed by atoms with Crippen LogP contribution in [0.1, 0.15) is 28.7 Å². The van der Waals surface area contributed by atoms with Crippen LogP contribution in [0.5, 0.6) is 5.88 Å². The number of benzene rings is 1. The SMILES string of the molecule is COc1nc2c(N3CCNC(C)C3)ccc(C(=O)Nc3cc(F)c4nc(C)cn4c3)c2nc1C. The normalized spacial score (nSPS) is 16.3. The van der Waals surface area contributed by atoms with Crippen molar-refractivity contribution in [3.63, 3.8) is 0 Å². The molecule has 4 aromatic rings. The first kappa shape index (κ1) is 22.0. The molecule has 1 aromatic carbocycles. The van der Waals surface area contributed by atoms with Gasteiger partial charge in [0.2, 0.25) is 5.88 Å². The Kier molecular flexibility index (Phi) is 5.52. The van der Waals surface area contributed by atoms with E-state index in [-0.39, 0.29) is 5.65 Å². The summed E-state index contributed by atoms with van der Waals surface area (Å²) < 4.78 is 21.5. The Balaban J connectivity index is 1.57. The highest BCUT2D eigenvalue weighted by molar-refractivity contribution is 6.13. The maximum Gasteiger partial charge on any atom is 0.257 e. The predicted octanol–water partition coefficient (Wildman–Crippen LogP) is 3.09. The second-order valence-corrected chi connectivity index (χ2v) is 8.59. The van der Waals surface area contributed by atoms with Crippen LogP contribution < -0.4 is 20.3 Å². The molecule has 0 bridgehead atoms. The number of nitrogens with zero attached hydrogens (tertiary/aromatic N) is 5. The van der Waals surface area contributed by atoms with Crippen LogP contribution in [0.3, 0.4) is 0 Å². The minimum atomic E-state index is -0.515. The first-order valence-electron chi connectivity index (χ1n) is 11.1. The van der Waals surface area contributed by atoms with Gasteiger partial charge in [-0.25, -0.2) is 19.3 Å². The van der Waals surface area contributed by atoms with Gasteiger partial charge in [-0.2, -0.15) is 0 Å². The number of methoxy groups -OCH3 is 1. The zero-order valence-corrected chi connectivity index (χ0v) is 19.5. The summed E-state index contributed by atoms with van der Waals surface area (Å²) in [4.78, 5) is 29.1. The van der Waals surface area contributed by atoms with Crippen molar-refractivity contribution in [1.29, 1.82) is 0 Å². The molecule has 1 saturated heterocycles. The van der Waals surface area contributed by atoms with E-state index in [1.54, 1.807) is 43.8 Å². The number of hydrogen-bond donors (Lipinski definition) is 2. The molecule has 34 heavy (non-hydrogen) atoms. The highest BCUT2D eigenvalue weighted by Crippen LogP contribution is 2.31. The second kappa shape index (κ2) is 8.53. The number of rotatable bonds is 4. The van der Waals surface area contributed by atoms with Gasteiger partial charge in [0.1, 0.15) is 16.7 Å². The van der Waals surface area contributed by atoms with Gasteiger partial charge < -0.3 is 24.7 Å². The van der Waals surface area contributed by atoms with Crippen molar-refractivity contribution in [1.82, 2.24) is 24.7 Å². The van der Waals surface area contributed by atoms with Gasteiger partial charge in [0.25, 0.3) is 5.91 Å². The Labute approximate surface area is 196 Å². The number of piperazine rings is 1. The van der Waals surface area contributed by atoms with Gasteiger partial charge in [-0.1, -0.05) is 0 Å². The van der Waals surface area contributed by atoms with E-state index in [9.17, 15) is 9.18 Å². The minimum Gasteiger partial charge on any atom is -0.480 e. The van der Waals surface area contributed by atoms with Crippen LogP contribution in [0.2, 0.25) is 0 Å². The van der Waals surface area contributed by atoms with Crippen LogP contribution in [0.25, 0.3) is 16.7 Å². The van der Waals surface area contributed by atoms with Gasteiger partial charge in [-0.3, -0.25) is 4.79 Å². The molecule has 4 heterocycles. The summed E-state index contributed by atoms with van der Waals surface area (Å²) in [6, 6.07) is 5.22. The third kappa shape index (κ3) is 3.90. The van der Waals surface area contributed by atoms with Crippen LogP contribution in [0.4, 0.5) is 15.8 Å². The topological polar surface area (TPSA) is 96.7 Å². The molecule has 0 spiro atoms. The van der Waals surface area contributed by atoms with E-state index in [2.05, 4.69) is 32.4 Å². The molecule has 176 valence electrons. The van der Waals surface area contributed by atoms with Gasteiger partial charge in [0.15, 0.2) is 11.5 Å². The number of anilines is 2. The van der Waals surface area contributed by atoms with E-state index in [0.717, 1.165) is 25.3 Å². The number of ether oxygens (including phenoxy) is 1. The fraction of sp³-hybridized carbons (Fsp3) is 0.333. The number of aromatic nitrogens is 4. The second-order valence-electron chi connectivity index (χ2n) is 8.59. The molecule has 9 nitrogen and oxygen atoms in total. The number of carbonyl (C=O) groups is 1. The van der Waals surface area contributed by atoms with Gasteiger partial charge in [0.05, 0.1) is 29.7 Å². The van der Waals surface area contributed by atoms with Crippen molar-refractivity contribution in [3.05, 3.63) is 53.4 Å². The average Bonchev–Trinajstić information content (AvgIpc) is 3.18. The fourth-order valence-corrected chi connectivity index (χ4v) is 4.42. The van der Waals surface area contributed by atoms with Gasteiger partial charge in [-0.15, -0.1) is 0 Å². The quantitative estimate of drug-likeness (QED) is 0.480. The Hall–Kier alpha value is -3.79. The summed E-state index contributed by atoms with van der Waals surface area (Å²) in [7, 11) is 1.55. The van der Waals surface area contributed by atoms with Gasteiger partial charge in [0, 0.05) is 44.1 Å². The summed E-state index contributed by atoms with van der Waals surface area (Å²) in [5.41, 5.74) is 4.11. The number of nitrogens with one attached hydrogen (secondary N) is 2. The molecule has 1 atom stereocenters. The van der Waals surface area contributed by atoms with Crippen molar-refractivity contribution in [2.24, 2.45) is 0 Å². The standard InChI is InChI=1S/C24H26FN7O2/c1-13-10-31(8-7-26-13)19-6-5-17(20-21(19)30-24(34-4)15(3)28-20)23(33)29-16-9-18(25)22-27-14(2)11-32(22)12-16/h5-6,9,11-13,26H,7-8,10H2,1-4H3,(H,29,33). The summed E-state index contributed by atoms with van der Waals surface area (Å²) in [6.07, 6.45) is 3.34. The highest BCUT2D eigenvalue weighted by Gasteiger charge is 2.23. The lowest BCUT2D eigenvalue weighted by Gasteiger charge is -2.34. The van der Waals surface area contributed by atoms with E-state index in [0.29, 0.717) is 45.6 Å². The maximum absolute atomic E-state index is 14.5. The fourth-order valence-electron chi connectivity index (χ4n) is 4.42. The molecule has 1 aliphatic rings. The first-order chi connectivity index (χ1) is 16.3.